The fourth-order valence-electron chi connectivity index (χ4n) is 2.20. The molecule has 0 radical (unpaired) electrons. The van der Waals surface area contributed by atoms with E-state index in [-0.39, 0.29) is 6.61 Å². The minimum Gasteiger partial charge on any atom is -0.392 e. The third-order valence-corrected chi connectivity index (χ3v) is 3.20. The van der Waals surface area contributed by atoms with Crippen molar-refractivity contribution in [3.8, 4) is 0 Å². The van der Waals surface area contributed by atoms with Gasteiger partial charge >= 0.3 is 0 Å². The first-order valence-corrected chi connectivity index (χ1v) is 6.68. The van der Waals surface area contributed by atoms with E-state index in [0.29, 0.717) is 0 Å². The predicted octanol–water partition coefficient (Wildman–Crippen LogP) is 2.27. The average Bonchev–Trinajstić information content (AvgIpc) is 2.35. The van der Waals surface area contributed by atoms with Gasteiger partial charge in [-0.1, -0.05) is 12.1 Å². The van der Waals surface area contributed by atoms with E-state index in [9.17, 15) is 0 Å². The molecule has 0 atom stereocenters. The van der Waals surface area contributed by atoms with Crippen molar-refractivity contribution < 1.29 is 5.11 Å². The smallest absolute Gasteiger partial charge is 0.0681 e. The summed E-state index contributed by atoms with van der Waals surface area (Å²) >= 11 is 0. The Morgan fingerprint density at radius 2 is 1.89 bits per heavy atom. The van der Waals surface area contributed by atoms with Crippen LogP contribution >= 0.6 is 0 Å². The standard InChI is InChI=1S/C15H26N2O/c1-5-17(10-6-9-16(3)4)15-8-7-14(12-18)11-13(15)2/h7-8,11,18H,5-6,9-10,12H2,1-4H3. The molecule has 0 aromatic heterocycles. The topological polar surface area (TPSA) is 26.7 Å². The highest BCUT2D eigenvalue weighted by Gasteiger charge is 2.07. The summed E-state index contributed by atoms with van der Waals surface area (Å²) in [5.74, 6) is 0. The predicted molar refractivity (Wildman–Crippen MR) is 78.2 cm³/mol. The lowest BCUT2D eigenvalue weighted by Crippen LogP contribution is -2.27. The Kier molecular flexibility index (Phi) is 6.16. The molecule has 1 rings (SSSR count). The molecule has 0 spiro atoms. The summed E-state index contributed by atoms with van der Waals surface area (Å²) in [6.45, 7) is 7.64. The summed E-state index contributed by atoms with van der Waals surface area (Å²) in [6, 6.07) is 6.21. The van der Waals surface area contributed by atoms with Crippen LogP contribution in [0.4, 0.5) is 5.69 Å². The van der Waals surface area contributed by atoms with E-state index in [1.807, 2.05) is 6.07 Å². The zero-order valence-electron chi connectivity index (χ0n) is 12.1. The number of aliphatic hydroxyl groups excluding tert-OH is 1. The maximum absolute atomic E-state index is 9.13. The van der Waals surface area contributed by atoms with Crippen LogP contribution in [0.15, 0.2) is 18.2 Å². The monoisotopic (exact) mass is 250 g/mol. The molecule has 0 aliphatic carbocycles. The molecular formula is C15H26N2O. The lowest BCUT2D eigenvalue weighted by molar-refractivity contribution is 0.282. The maximum Gasteiger partial charge on any atom is 0.0681 e. The average molecular weight is 250 g/mol. The fraction of sp³-hybridized carbons (Fsp3) is 0.600. The van der Waals surface area contributed by atoms with Gasteiger partial charge in [-0.3, -0.25) is 0 Å². The lowest BCUT2D eigenvalue weighted by atomic mass is 10.1. The van der Waals surface area contributed by atoms with Gasteiger partial charge in [-0.2, -0.15) is 0 Å². The Hall–Kier alpha value is -1.06. The molecule has 0 saturated carbocycles. The van der Waals surface area contributed by atoms with Crippen molar-refractivity contribution in [2.75, 3.05) is 38.6 Å². The normalized spacial score (nSPS) is 11.0. The Morgan fingerprint density at radius 3 is 2.39 bits per heavy atom. The van der Waals surface area contributed by atoms with Gasteiger partial charge in [0.15, 0.2) is 0 Å². The lowest BCUT2D eigenvalue weighted by Gasteiger charge is -2.26. The van der Waals surface area contributed by atoms with Gasteiger partial charge in [0, 0.05) is 18.8 Å². The minimum absolute atomic E-state index is 0.119. The maximum atomic E-state index is 9.13. The van der Waals surface area contributed by atoms with Gasteiger partial charge in [0.2, 0.25) is 0 Å². The van der Waals surface area contributed by atoms with Crippen LogP contribution in [-0.2, 0) is 6.61 Å². The van der Waals surface area contributed by atoms with Crippen molar-refractivity contribution in [2.24, 2.45) is 0 Å². The molecule has 0 fully saturated rings. The molecule has 1 N–H and O–H groups in total. The van der Waals surface area contributed by atoms with Crippen LogP contribution in [-0.4, -0.2) is 43.7 Å². The molecule has 0 amide bonds. The van der Waals surface area contributed by atoms with E-state index in [2.05, 4.69) is 49.9 Å². The number of hydrogen-bond acceptors (Lipinski definition) is 3. The molecule has 1 aromatic rings. The number of aliphatic hydroxyl groups is 1. The van der Waals surface area contributed by atoms with Crippen LogP contribution < -0.4 is 4.90 Å². The highest BCUT2D eigenvalue weighted by molar-refractivity contribution is 5.54. The number of nitrogens with zero attached hydrogens (tertiary/aromatic N) is 2. The molecule has 0 heterocycles. The zero-order valence-corrected chi connectivity index (χ0v) is 12.1. The van der Waals surface area contributed by atoms with Gasteiger partial charge < -0.3 is 14.9 Å². The summed E-state index contributed by atoms with van der Waals surface area (Å²) in [4.78, 5) is 4.62. The minimum atomic E-state index is 0.119. The van der Waals surface area contributed by atoms with E-state index < -0.39 is 0 Å². The van der Waals surface area contributed by atoms with E-state index in [0.717, 1.165) is 25.2 Å². The molecule has 3 heteroatoms. The third-order valence-electron chi connectivity index (χ3n) is 3.20. The Bertz CT molecular complexity index is 364. The third kappa shape index (κ3) is 4.31. The SMILES string of the molecule is CCN(CCCN(C)C)c1ccc(CO)cc1C. The summed E-state index contributed by atoms with van der Waals surface area (Å²) in [6.07, 6.45) is 1.17. The molecule has 0 aliphatic rings. The van der Waals surface area contributed by atoms with Gasteiger partial charge in [0.1, 0.15) is 0 Å². The molecule has 0 saturated heterocycles. The first kappa shape index (κ1) is 15.0. The van der Waals surface area contributed by atoms with Crippen LogP contribution in [0.1, 0.15) is 24.5 Å². The largest absolute Gasteiger partial charge is 0.392 e. The van der Waals surface area contributed by atoms with E-state index >= 15 is 0 Å². The second-order valence-corrected chi connectivity index (χ2v) is 5.02. The first-order chi connectivity index (χ1) is 8.58. The van der Waals surface area contributed by atoms with Crippen molar-refractivity contribution in [2.45, 2.75) is 26.9 Å². The summed E-state index contributed by atoms with van der Waals surface area (Å²) in [5, 5.41) is 9.13. The van der Waals surface area contributed by atoms with Crippen LogP contribution in [0.25, 0.3) is 0 Å². The van der Waals surface area contributed by atoms with Crippen LogP contribution in [0.5, 0.6) is 0 Å². The van der Waals surface area contributed by atoms with Crippen LogP contribution in [0, 0.1) is 6.92 Å². The quantitative estimate of drug-likeness (QED) is 0.804. The van der Waals surface area contributed by atoms with E-state index in [4.69, 9.17) is 5.11 Å². The molecule has 0 aliphatic heterocycles. The fourth-order valence-corrected chi connectivity index (χ4v) is 2.20. The van der Waals surface area contributed by atoms with Crippen molar-refractivity contribution >= 4 is 5.69 Å². The van der Waals surface area contributed by atoms with Crippen molar-refractivity contribution in [3.63, 3.8) is 0 Å². The number of benzene rings is 1. The van der Waals surface area contributed by atoms with Gasteiger partial charge in [0.25, 0.3) is 0 Å². The summed E-state index contributed by atoms with van der Waals surface area (Å²) in [5.41, 5.74) is 3.52. The van der Waals surface area contributed by atoms with Gasteiger partial charge in [-0.25, -0.2) is 0 Å². The number of aryl methyl sites for hydroxylation is 1. The highest BCUT2D eigenvalue weighted by Crippen LogP contribution is 2.21. The summed E-state index contributed by atoms with van der Waals surface area (Å²) in [7, 11) is 4.22. The van der Waals surface area contributed by atoms with Crippen LogP contribution in [0.3, 0.4) is 0 Å². The van der Waals surface area contributed by atoms with Gasteiger partial charge in [-0.05, 0) is 58.1 Å². The first-order valence-electron chi connectivity index (χ1n) is 6.68. The van der Waals surface area contributed by atoms with E-state index in [1.165, 1.54) is 17.7 Å². The number of rotatable bonds is 7. The van der Waals surface area contributed by atoms with Crippen LogP contribution in [0.2, 0.25) is 0 Å². The van der Waals surface area contributed by atoms with Crippen molar-refractivity contribution in [1.82, 2.24) is 4.90 Å². The Labute approximate surface area is 111 Å². The second-order valence-electron chi connectivity index (χ2n) is 5.02. The molecule has 3 nitrogen and oxygen atoms in total. The molecule has 18 heavy (non-hydrogen) atoms. The summed E-state index contributed by atoms with van der Waals surface area (Å²) < 4.78 is 0. The Morgan fingerprint density at radius 1 is 1.17 bits per heavy atom. The van der Waals surface area contributed by atoms with Gasteiger partial charge in [-0.15, -0.1) is 0 Å². The molecule has 0 bridgehead atoms. The number of hydrogen-bond donors (Lipinski definition) is 1. The molecule has 0 unspecified atom stereocenters. The van der Waals surface area contributed by atoms with Crippen molar-refractivity contribution in [1.29, 1.82) is 0 Å². The van der Waals surface area contributed by atoms with Gasteiger partial charge in [0.05, 0.1) is 6.61 Å². The highest BCUT2D eigenvalue weighted by atomic mass is 16.3. The second kappa shape index (κ2) is 7.39. The molecule has 1 aromatic carbocycles. The van der Waals surface area contributed by atoms with E-state index in [1.54, 1.807) is 0 Å². The molecule has 102 valence electrons. The zero-order chi connectivity index (χ0) is 13.5. The molecular weight excluding hydrogens is 224 g/mol. The Balaban J connectivity index is 2.69. The van der Waals surface area contributed by atoms with Crippen molar-refractivity contribution in [3.05, 3.63) is 29.3 Å². The number of anilines is 1.